The zero-order chi connectivity index (χ0) is 22.1. The number of nitrogens with one attached hydrogen (secondary N) is 1. The number of carbonyl (C=O) groups is 3. The minimum atomic E-state index is -0.499. The second kappa shape index (κ2) is 8.86. The predicted octanol–water partition coefficient (Wildman–Crippen LogP) is 4.42. The van der Waals surface area contributed by atoms with Gasteiger partial charge in [0.1, 0.15) is 0 Å². The molecule has 162 valence electrons. The van der Waals surface area contributed by atoms with Gasteiger partial charge in [0.2, 0.25) is 0 Å². The maximum Gasteiger partial charge on any atom is 0.261 e. The molecule has 1 saturated heterocycles. The van der Waals surface area contributed by atoms with Crippen LogP contribution in [0.5, 0.6) is 5.75 Å². The van der Waals surface area contributed by atoms with Crippen LogP contribution in [0, 0.1) is 0 Å². The van der Waals surface area contributed by atoms with Crippen molar-refractivity contribution in [3.8, 4) is 5.75 Å². The highest BCUT2D eigenvalue weighted by molar-refractivity contribution is 6.36. The van der Waals surface area contributed by atoms with Crippen molar-refractivity contribution in [2.45, 2.75) is 25.9 Å². The molecular formula is C22H20Cl2N2O5. The molecular weight excluding hydrogens is 443 g/mol. The van der Waals surface area contributed by atoms with Crippen molar-refractivity contribution in [1.82, 2.24) is 4.90 Å². The minimum absolute atomic E-state index is 0.133. The van der Waals surface area contributed by atoms with Gasteiger partial charge in [-0.2, -0.15) is 0 Å². The molecule has 4 rings (SSSR count). The Hall–Kier alpha value is -2.61. The first-order valence-electron chi connectivity index (χ1n) is 9.94. The van der Waals surface area contributed by atoms with Crippen molar-refractivity contribution in [2.75, 3.05) is 25.1 Å². The van der Waals surface area contributed by atoms with Crippen LogP contribution in [0.25, 0.3) is 0 Å². The average Bonchev–Trinajstić information content (AvgIpc) is 3.33. The number of hydrogen-bond donors (Lipinski definition) is 1. The molecule has 0 aliphatic carbocycles. The lowest BCUT2D eigenvalue weighted by atomic mass is 10.1. The van der Waals surface area contributed by atoms with Crippen LogP contribution in [0.4, 0.5) is 5.69 Å². The van der Waals surface area contributed by atoms with E-state index in [0.29, 0.717) is 24.5 Å². The highest BCUT2D eigenvalue weighted by Gasteiger charge is 2.37. The largest absolute Gasteiger partial charge is 0.491 e. The number of rotatable bonds is 6. The van der Waals surface area contributed by atoms with Crippen molar-refractivity contribution >= 4 is 46.6 Å². The van der Waals surface area contributed by atoms with Crippen LogP contribution < -0.4 is 10.1 Å². The van der Waals surface area contributed by atoms with Gasteiger partial charge in [-0.1, -0.05) is 23.2 Å². The lowest BCUT2D eigenvalue weighted by Gasteiger charge is -2.17. The van der Waals surface area contributed by atoms with Gasteiger partial charge in [0.15, 0.2) is 5.75 Å². The molecule has 0 spiro atoms. The zero-order valence-electron chi connectivity index (χ0n) is 16.7. The fourth-order valence-electron chi connectivity index (χ4n) is 3.74. The van der Waals surface area contributed by atoms with Crippen molar-refractivity contribution in [3.63, 3.8) is 0 Å². The molecule has 1 N–H and O–H groups in total. The average molecular weight is 463 g/mol. The lowest BCUT2D eigenvalue weighted by molar-refractivity contribution is 0.0475. The number of amides is 3. The van der Waals surface area contributed by atoms with Crippen LogP contribution >= 0.6 is 23.2 Å². The van der Waals surface area contributed by atoms with Crippen LogP contribution in [0.2, 0.25) is 10.0 Å². The molecule has 0 bridgehead atoms. The summed E-state index contributed by atoms with van der Waals surface area (Å²) in [4.78, 5) is 39.5. The van der Waals surface area contributed by atoms with E-state index in [0.717, 1.165) is 12.8 Å². The molecule has 31 heavy (non-hydrogen) atoms. The van der Waals surface area contributed by atoms with Crippen LogP contribution in [-0.2, 0) is 4.74 Å². The Bertz CT molecular complexity index is 1070. The summed E-state index contributed by atoms with van der Waals surface area (Å²) in [5.74, 6) is -1.02. The van der Waals surface area contributed by atoms with Crippen LogP contribution in [-0.4, -0.2) is 48.5 Å². The molecule has 2 aliphatic rings. The molecule has 1 unspecified atom stereocenters. The zero-order valence-corrected chi connectivity index (χ0v) is 18.3. The van der Waals surface area contributed by atoms with Crippen LogP contribution in [0.3, 0.4) is 0 Å². The topological polar surface area (TPSA) is 84.9 Å². The Labute approximate surface area is 189 Å². The minimum Gasteiger partial charge on any atom is -0.491 e. The number of carbonyl (C=O) groups excluding carboxylic acids is 3. The van der Waals surface area contributed by atoms with Gasteiger partial charge in [0.05, 0.1) is 41.0 Å². The van der Waals surface area contributed by atoms with E-state index in [4.69, 9.17) is 32.7 Å². The lowest BCUT2D eigenvalue weighted by Crippen LogP contribution is -2.36. The van der Waals surface area contributed by atoms with E-state index in [1.54, 1.807) is 13.0 Å². The predicted molar refractivity (Wildman–Crippen MR) is 116 cm³/mol. The molecule has 9 heteroatoms. The van der Waals surface area contributed by atoms with Gasteiger partial charge in [0, 0.05) is 17.3 Å². The third-order valence-corrected chi connectivity index (χ3v) is 5.68. The van der Waals surface area contributed by atoms with Crippen molar-refractivity contribution in [3.05, 3.63) is 57.1 Å². The molecule has 2 aromatic rings. The first-order valence-corrected chi connectivity index (χ1v) is 10.7. The first-order chi connectivity index (χ1) is 14.9. The summed E-state index contributed by atoms with van der Waals surface area (Å²) < 4.78 is 11.0. The van der Waals surface area contributed by atoms with Crippen molar-refractivity contribution in [1.29, 1.82) is 0 Å². The molecule has 1 atom stereocenters. The number of fused-ring (bicyclic) bond motifs is 1. The summed E-state index contributed by atoms with van der Waals surface area (Å²) in [6.07, 6.45) is 1.60. The number of nitrogens with zero attached hydrogens (tertiary/aromatic N) is 1. The van der Waals surface area contributed by atoms with E-state index in [9.17, 15) is 14.4 Å². The van der Waals surface area contributed by atoms with Crippen molar-refractivity contribution < 1.29 is 23.9 Å². The fourth-order valence-corrected chi connectivity index (χ4v) is 4.29. The smallest absolute Gasteiger partial charge is 0.261 e. The highest BCUT2D eigenvalue weighted by Crippen LogP contribution is 2.33. The van der Waals surface area contributed by atoms with E-state index in [1.165, 1.54) is 29.2 Å². The molecule has 1 fully saturated rings. The number of imide groups is 1. The van der Waals surface area contributed by atoms with E-state index in [1.807, 2.05) is 0 Å². The first kappa shape index (κ1) is 21.6. The molecule has 0 aromatic heterocycles. The molecule has 2 aromatic carbocycles. The Morgan fingerprint density at radius 1 is 1.19 bits per heavy atom. The van der Waals surface area contributed by atoms with Gasteiger partial charge in [-0.25, -0.2) is 0 Å². The Morgan fingerprint density at radius 2 is 1.97 bits per heavy atom. The SMILES string of the molecule is CCOc1c(Cl)cc(Cl)cc1C(=O)Nc1ccc2c(c1)C(=O)N(CC1CCCO1)C2=O. The van der Waals surface area contributed by atoms with E-state index < -0.39 is 11.8 Å². The van der Waals surface area contributed by atoms with Gasteiger partial charge < -0.3 is 14.8 Å². The molecule has 2 heterocycles. The molecule has 7 nitrogen and oxygen atoms in total. The quantitative estimate of drug-likeness (QED) is 0.642. The number of benzene rings is 2. The Balaban J connectivity index is 1.56. The van der Waals surface area contributed by atoms with E-state index >= 15 is 0 Å². The number of ether oxygens (including phenoxy) is 2. The molecule has 2 aliphatic heterocycles. The second-order valence-electron chi connectivity index (χ2n) is 7.27. The summed E-state index contributed by atoms with van der Waals surface area (Å²) in [6, 6.07) is 7.56. The summed E-state index contributed by atoms with van der Waals surface area (Å²) in [7, 11) is 0. The molecule has 0 saturated carbocycles. The van der Waals surface area contributed by atoms with E-state index in [2.05, 4.69) is 5.32 Å². The fraction of sp³-hybridized carbons (Fsp3) is 0.318. The Kier molecular flexibility index (Phi) is 6.18. The number of anilines is 1. The van der Waals surface area contributed by atoms with Gasteiger partial charge in [0.25, 0.3) is 17.7 Å². The van der Waals surface area contributed by atoms with Crippen LogP contribution in [0.1, 0.15) is 50.8 Å². The highest BCUT2D eigenvalue weighted by atomic mass is 35.5. The van der Waals surface area contributed by atoms with Gasteiger partial charge in [-0.3, -0.25) is 19.3 Å². The summed E-state index contributed by atoms with van der Waals surface area (Å²) in [5.41, 5.74) is 1.08. The van der Waals surface area contributed by atoms with Gasteiger partial charge >= 0.3 is 0 Å². The number of halogens is 2. The monoisotopic (exact) mass is 462 g/mol. The maximum absolute atomic E-state index is 12.9. The second-order valence-corrected chi connectivity index (χ2v) is 8.11. The van der Waals surface area contributed by atoms with Crippen molar-refractivity contribution in [2.24, 2.45) is 0 Å². The normalized spacial score (nSPS) is 17.8. The van der Waals surface area contributed by atoms with Gasteiger partial charge in [-0.15, -0.1) is 0 Å². The van der Waals surface area contributed by atoms with Gasteiger partial charge in [-0.05, 0) is 50.1 Å². The maximum atomic E-state index is 12.9. The van der Waals surface area contributed by atoms with E-state index in [-0.39, 0.29) is 45.5 Å². The Morgan fingerprint density at radius 3 is 2.68 bits per heavy atom. The third-order valence-electron chi connectivity index (χ3n) is 5.18. The summed E-state index contributed by atoms with van der Waals surface area (Å²) >= 11 is 12.2. The molecule has 3 amide bonds. The summed E-state index contributed by atoms with van der Waals surface area (Å²) in [6.45, 7) is 2.96. The summed E-state index contributed by atoms with van der Waals surface area (Å²) in [5, 5.41) is 3.23. The standard InChI is InChI=1S/C22H20Cl2N2O5/c1-2-30-19-17(8-12(23)9-18(19)24)20(27)25-13-5-6-15-16(10-13)22(29)26(21(15)28)11-14-4-3-7-31-14/h5-6,8-10,14H,2-4,7,11H2,1H3,(H,25,27). The molecule has 0 radical (unpaired) electrons. The van der Waals surface area contributed by atoms with Crippen LogP contribution in [0.15, 0.2) is 30.3 Å². The third kappa shape index (κ3) is 4.26. The number of hydrogen-bond acceptors (Lipinski definition) is 5.